The van der Waals surface area contributed by atoms with Gasteiger partial charge in [0.1, 0.15) is 11.6 Å². The normalized spacial score (nSPS) is 13.8. The van der Waals surface area contributed by atoms with Crippen LogP contribution in [0.25, 0.3) is 0 Å². The summed E-state index contributed by atoms with van der Waals surface area (Å²) in [5.74, 6) is 1.22. The van der Waals surface area contributed by atoms with Gasteiger partial charge in [0.2, 0.25) is 5.91 Å². The average molecular weight is 254 g/mol. The first-order chi connectivity index (χ1) is 9.19. The number of fused-ring (bicyclic) bond motifs is 1. The van der Waals surface area contributed by atoms with E-state index in [1.807, 2.05) is 31.2 Å². The number of rotatable bonds is 2. The molecule has 2 aromatic rings. The molecule has 96 valence electrons. The van der Waals surface area contributed by atoms with Crippen molar-refractivity contribution in [3.8, 4) is 0 Å². The van der Waals surface area contributed by atoms with Crippen molar-refractivity contribution in [1.29, 1.82) is 0 Å². The van der Waals surface area contributed by atoms with Crippen molar-refractivity contribution in [2.45, 2.75) is 19.9 Å². The molecule has 1 amide bonds. The van der Waals surface area contributed by atoms with Crippen LogP contribution in [0.4, 0.5) is 11.5 Å². The van der Waals surface area contributed by atoms with E-state index >= 15 is 0 Å². The van der Waals surface area contributed by atoms with Gasteiger partial charge < -0.3 is 5.73 Å². The van der Waals surface area contributed by atoms with Crippen LogP contribution in [0.1, 0.15) is 17.0 Å². The first-order valence-electron chi connectivity index (χ1n) is 6.13. The Balaban J connectivity index is 2.11. The molecule has 1 aliphatic rings. The molecule has 0 spiro atoms. The molecule has 19 heavy (non-hydrogen) atoms. The van der Waals surface area contributed by atoms with Crippen LogP contribution in [-0.4, -0.2) is 15.9 Å². The highest BCUT2D eigenvalue weighted by Gasteiger charge is 2.30. The van der Waals surface area contributed by atoms with E-state index in [2.05, 4.69) is 9.97 Å². The molecule has 0 saturated heterocycles. The van der Waals surface area contributed by atoms with Gasteiger partial charge in [-0.25, -0.2) is 9.97 Å². The van der Waals surface area contributed by atoms with Crippen LogP contribution in [0.3, 0.4) is 0 Å². The van der Waals surface area contributed by atoms with Gasteiger partial charge in [-0.05, 0) is 24.6 Å². The van der Waals surface area contributed by atoms with E-state index in [1.165, 1.54) is 0 Å². The van der Waals surface area contributed by atoms with Crippen LogP contribution in [-0.2, 0) is 17.8 Å². The maximum atomic E-state index is 12.2. The van der Waals surface area contributed by atoms with Crippen molar-refractivity contribution in [2.75, 3.05) is 4.90 Å². The summed E-state index contributed by atoms with van der Waals surface area (Å²) in [6, 6.07) is 7.80. The molecule has 5 nitrogen and oxygen atoms in total. The van der Waals surface area contributed by atoms with Crippen LogP contribution in [0.15, 0.2) is 30.5 Å². The third-order valence-electron chi connectivity index (χ3n) is 3.14. The summed E-state index contributed by atoms with van der Waals surface area (Å²) in [6.45, 7) is 2.26. The summed E-state index contributed by atoms with van der Waals surface area (Å²) in [6.07, 6.45) is 2.03. The Morgan fingerprint density at radius 2 is 2.26 bits per heavy atom. The van der Waals surface area contributed by atoms with E-state index in [0.717, 1.165) is 16.8 Å². The minimum Gasteiger partial charge on any atom is -0.324 e. The molecule has 0 unspecified atom stereocenters. The number of hydrogen-bond donors (Lipinski definition) is 1. The van der Waals surface area contributed by atoms with Crippen molar-refractivity contribution in [3.63, 3.8) is 0 Å². The van der Waals surface area contributed by atoms with Crippen LogP contribution in [0.5, 0.6) is 0 Å². The molecule has 5 heteroatoms. The molecule has 0 fully saturated rings. The van der Waals surface area contributed by atoms with Gasteiger partial charge in [-0.15, -0.1) is 0 Å². The summed E-state index contributed by atoms with van der Waals surface area (Å²) in [5, 5.41) is 0. The SMILES string of the molecule is Cc1cccc(N2C(=O)Cc3cnc(CN)nc32)c1. The number of carbonyl (C=O) groups is 1. The number of benzene rings is 1. The first kappa shape index (κ1) is 11.8. The summed E-state index contributed by atoms with van der Waals surface area (Å²) in [7, 11) is 0. The number of amides is 1. The van der Waals surface area contributed by atoms with E-state index in [0.29, 0.717) is 18.1 Å². The fourth-order valence-corrected chi connectivity index (χ4v) is 2.24. The van der Waals surface area contributed by atoms with Crippen molar-refractivity contribution in [2.24, 2.45) is 5.73 Å². The number of anilines is 2. The molecule has 0 bridgehead atoms. The maximum absolute atomic E-state index is 12.2. The predicted molar refractivity (Wildman–Crippen MR) is 72.0 cm³/mol. The van der Waals surface area contributed by atoms with E-state index in [4.69, 9.17) is 5.73 Å². The number of aromatic nitrogens is 2. The van der Waals surface area contributed by atoms with Gasteiger partial charge >= 0.3 is 0 Å². The average Bonchev–Trinajstić information content (AvgIpc) is 2.73. The highest BCUT2D eigenvalue weighted by Crippen LogP contribution is 2.33. The smallest absolute Gasteiger partial charge is 0.237 e. The zero-order chi connectivity index (χ0) is 13.4. The van der Waals surface area contributed by atoms with Crippen LogP contribution >= 0.6 is 0 Å². The number of nitrogens with two attached hydrogens (primary N) is 1. The summed E-state index contributed by atoms with van der Waals surface area (Å²) >= 11 is 0. The lowest BCUT2D eigenvalue weighted by Crippen LogP contribution is -2.22. The Morgan fingerprint density at radius 1 is 1.42 bits per heavy atom. The molecule has 0 saturated carbocycles. The molecule has 0 radical (unpaired) electrons. The lowest BCUT2D eigenvalue weighted by molar-refractivity contribution is -0.116. The van der Waals surface area contributed by atoms with Gasteiger partial charge in [-0.2, -0.15) is 0 Å². The molecular weight excluding hydrogens is 240 g/mol. The fourth-order valence-electron chi connectivity index (χ4n) is 2.24. The van der Waals surface area contributed by atoms with Crippen molar-refractivity contribution in [1.82, 2.24) is 9.97 Å². The van der Waals surface area contributed by atoms with Gasteiger partial charge in [-0.3, -0.25) is 9.69 Å². The van der Waals surface area contributed by atoms with Crippen molar-refractivity contribution < 1.29 is 4.79 Å². The third kappa shape index (κ3) is 1.98. The zero-order valence-electron chi connectivity index (χ0n) is 10.6. The van der Waals surface area contributed by atoms with Gasteiger partial charge in [0, 0.05) is 11.8 Å². The molecule has 0 aliphatic carbocycles. The number of nitrogens with zero attached hydrogens (tertiary/aromatic N) is 3. The quantitative estimate of drug-likeness (QED) is 0.880. The van der Waals surface area contributed by atoms with Crippen LogP contribution < -0.4 is 10.6 Å². The van der Waals surface area contributed by atoms with E-state index in [9.17, 15) is 4.79 Å². The number of hydrogen-bond acceptors (Lipinski definition) is 4. The second kappa shape index (κ2) is 4.44. The molecule has 3 rings (SSSR count). The Labute approximate surface area is 111 Å². The lowest BCUT2D eigenvalue weighted by Gasteiger charge is -2.17. The first-order valence-corrected chi connectivity index (χ1v) is 6.13. The van der Waals surface area contributed by atoms with E-state index < -0.39 is 0 Å². The molecule has 2 N–H and O–H groups in total. The van der Waals surface area contributed by atoms with Crippen molar-refractivity contribution >= 4 is 17.4 Å². The Morgan fingerprint density at radius 3 is 3.00 bits per heavy atom. The highest BCUT2D eigenvalue weighted by atomic mass is 16.2. The summed E-state index contributed by atoms with van der Waals surface area (Å²) in [5.41, 5.74) is 8.35. The van der Waals surface area contributed by atoms with Crippen LogP contribution in [0, 0.1) is 6.92 Å². The Hall–Kier alpha value is -2.27. The van der Waals surface area contributed by atoms with Gasteiger partial charge in [0.05, 0.1) is 18.7 Å². The standard InChI is InChI=1S/C14H14N4O/c1-9-3-2-4-11(5-9)18-13(19)6-10-8-16-12(7-15)17-14(10)18/h2-5,8H,6-7,15H2,1H3. The van der Waals surface area contributed by atoms with Gasteiger partial charge in [0.15, 0.2) is 0 Å². The molecule has 1 aliphatic heterocycles. The van der Waals surface area contributed by atoms with Gasteiger partial charge in [-0.1, -0.05) is 12.1 Å². The number of aryl methyl sites for hydroxylation is 1. The van der Waals surface area contributed by atoms with Gasteiger partial charge in [0.25, 0.3) is 0 Å². The van der Waals surface area contributed by atoms with E-state index in [-0.39, 0.29) is 12.5 Å². The second-order valence-electron chi connectivity index (χ2n) is 4.58. The van der Waals surface area contributed by atoms with E-state index in [1.54, 1.807) is 11.1 Å². The largest absolute Gasteiger partial charge is 0.324 e. The maximum Gasteiger partial charge on any atom is 0.237 e. The highest BCUT2D eigenvalue weighted by molar-refractivity contribution is 6.06. The molecule has 0 atom stereocenters. The summed E-state index contributed by atoms with van der Waals surface area (Å²) in [4.78, 5) is 22.3. The molecule has 2 heterocycles. The molecule has 1 aromatic carbocycles. The van der Waals surface area contributed by atoms with Crippen LogP contribution in [0.2, 0.25) is 0 Å². The summed E-state index contributed by atoms with van der Waals surface area (Å²) < 4.78 is 0. The fraction of sp³-hybridized carbons (Fsp3) is 0.214. The van der Waals surface area contributed by atoms with Crippen molar-refractivity contribution in [3.05, 3.63) is 47.4 Å². The molecule has 1 aromatic heterocycles. The monoisotopic (exact) mass is 254 g/mol. The predicted octanol–water partition coefficient (Wildman–Crippen LogP) is 1.46. The minimum absolute atomic E-state index is 0.0177. The topological polar surface area (TPSA) is 72.1 Å². The number of carbonyl (C=O) groups excluding carboxylic acids is 1. The zero-order valence-corrected chi connectivity index (χ0v) is 10.6. The second-order valence-corrected chi connectivity index (χ2v) is 4.58. The minimum atomic E-state index is 0.0177. The molecular formula is C14H14N4O. The Bertz CT molecular complexity index is 654. The third-order valence-corrected chi connectivity index (χ3v) is 3.14. The lowest BCUT2D eigenvalue weighted by atomic mass is 10.2. The Kier molecular flexibility index (Phi) is 2.76.